The van der Waals surface area contributed by atoms with Crippen LogP contribution in [0.4, 0.5) is 5.69 Å². The minimum atomic E-state index is -0.723. The Kier molecular flexibility index (Phi) is 5.58. The van der Waals surface area contributed by atoms with Gasteiger partial charge in [-0.05, 0) is 28.8 Å². The highest BCUT2D eigenvalue weighted by molar-refractivity contribution is 6.27. The molecule has 3 aromatic rings. The third-order valence-electron chi connectivity index (χ3n) is 5.17. The molecule has 0 saturated carbocycles. The highest BCUT2D eigenvalue weighted by Gasteiger charge is 2.42. The van der Waals surface area contributed by atoms with E-state index in [4.69, 9.17) is 11.6 Å². The van der Waals surface area contributed by atoms with Crippen molar-refractivity contribution in [2.24, 2.45) is 0 Å². The monoisotopic (exact) mass is 405 g/mol. The van der Waals surface area contributed by atoms with Gasteiger partial charge in [0.15, 0.2) is 0 Å². The van der Waals surface area contributed by atoms with Crippen LogP contribution in [0.5, 0.6) is 0 Å². The van der Waals surface area contributed by atoms with Gasteiger partial charge in [-0.25, -0.2) is 0 Å². The van der Waals surface area contributed by atoms with Crippen LogP contribution in [0.25, 0.3) is 0 Å². The Morgan fingerprint density at radius 1 is 1.03 bits per heavy atom. The van der Waals surface area contributed by atoms with Gasteiger partial charge in [0.2, 0.25) is 11.8 Å². The molecule has 0 fully saturated rings. The Labute approximate surface area is 174 Å². The molecule has 1 aliphatic rings. The van der Waals surface area contributed by atoms with Crippen LogP contribution in [-0.2, 0) is 16.1 Å². The summed E-state index contributed by atoms with van der Waals surface area (Å²) in [4.78, 5) is 31.8. The zero-order chi connectivity index (χ0) is 20.2. The third kappa shape index (κ3) is 3.87. The number of anilines is 1. The van der Waals surface area contributed by atoms with E-state index < -0.39 is 6.04 Å². The molecule has 0 aliphatic carbocycles. The lowest BCUT2D eigenvalue weighted by atomic mass is 9.78. The Morgan fingerprint density at radius 3 is 2.52 bits per heavy atom. The van der Waals surface area contributed by atoms with E-state index in [0.717, 1.165) is 16.7 Å². The summed E-state index contributed by atoms with van der Waals surface area (Å²) in [5, 5.41) is 2.91. The fraction of sp³-hybridized carbons (Fsp3) is 0.174. The zero-order valence-corrected chi connectivity index (χ0v) is 16.4. The highest BCUT2D eigenvalue weighted by Crippen LogP contribution is 2.38. The van der Waals surface area contributed by atoms with Crippen molar-refractivity contribution in [2.45, 2.75) is 18.5 Å². The molecule has 146 valence electrons. The molecule has 2 unspecified atom stereocenters. The van der Waals surface area contributed by atoms with Gasteiger partial charge in [0.1, 0.15) is 11.9 Å². The first-order chi connectivity index (χ1) is 14.2. The highest BCUT2D eigenvalue weighted by atomic mass is 35.5. The van der Waals surface area contributed by atoms with Gasteiger partial charge < -0.3 is 10.2 Å². The van der Waals surface area contributed by atoms with Crippen molar-refractivity contribution in [2.75, 3.05) is 11.2 Å². The van der Waals surface area contributed by atoms with E-state index in [1.807, 2.05) is 54.6 Å². The van der Waals surface area contributed by atoms with Gasteiger partial charge in [0.25, 0.3) is 0 Å². The minimum absolute atomic E-state index is 0.180. The lowest BCUT2D eigenvalue weighted by molar-refractivity contribution is -0.138. The molecule has 1 aromatic heterocycles. The molecule has 2 heterocycles. The van der Waals surface area contributed by atoms with Crippen LogP contribution in [0.2, 0.25) is 0 Å². The van der Waals surface area contributed by atoms with Crippen molar-refractivity contribution < 1.29 is 9.59 Å². The molecule has 0 bridgehead atoms. The summed E-state index contributed by atoms with van der Waals surface area (Å²) in [6.07, 6.45) is 3.22. The molecule has 6 heteroatoms. The number of alkyl halides is 1. The van der Waals surface area contributed by atoms with Gasteiger partial charge in [-0.2, -0.15) is 0 Å². The number of amides is 2. The summed E-state index contributed by atoms with van der Waals surface area (Å²) in [6, 6.07) is 20.5. The van der Waals surface area contributed by atoms with Crippen LogP contribution in [0.1, 0.15) is 22.6 Å². The number of nitrogens with one attached hydrogen (secondary N) is 1. The van der Waals surface area contributed by atoms with Crippen molar-refractivity contribution in [3.8, 4) is 0 Å². The van der Waals surface area contributed by atoms with E-state index in [2.05, 4.69) is 10.3 Å². The van der Waals surface area contributed by atoms with E-state index in [1.54, 1.807) is 29.4 Å². The number of halogens is 1. The lowest BCUT2D eigenvalue weighted by Gasteiger charge is -2.41. The maximum absolute atomic E-state index is 13.4. The number of fused-ring (bicyclic) bond motifs is 1. The SMILES string of the molecule is O=C(Nc1cccnc1)C1C(c2ccccc2)c2ccccc2CN1C(=O)CCl. The van der Waals surface area contributed by atoms with Crippen molar-refractivity contribution >= 4 is 29.1 Å². The van der Waals surface area contributed by atoms with Gasteiger partial charge in [0.05, 0.1) is 11.9 Å². The maximum Gasteiger partial charge on any atom is 0.248 e. The van der Waals surface area contributed by atoms with Crippen LogP contribution < -0.4 is 5.32 Å². The topological polar surface area (TPSA) is 62.3 Å². The second-order valence-electron chi connectivity index (χ2n) is 6.92. The molecular weight excluding hydrogens is 386 g/mol. The quantitative estimate of drug-likeness (QED) is 0.671. The number of hydrogen-bond donors (Lipinski definition) is 1. The molecule has 4 rings (SSSR count). The molecule has 5 nitrogen and oxygen atoms in total. The Bertz CT molecular complexity index is 1010. The van der Waals surface area contributed by atoms with Crippen LogP contribution in [0.3, 0.4) is 0 Å². The molecule has 2 atom stereocenters. The molecule has 0 spiro atoms. The summed E-state index contributed by atoms with van der Waals surface area (Å²) in [5.41, 5.74) is 3.62. The normalized spacial score (nSPS) is 18.0. The minimum Gasteiger partial charge on any atom is -0.324 e. The second-order valence-corrected chi connectivity index (χ2v) is 7.19. The van der Waals surface area contributed by atoms with Crippen molar-refractivity contribution in [1.82, 2.24) is 9.88 Å². The summed E-state index contributed by atoms with van der Waals surface area (Å²) < 4.78 is 0. The van der Waals surface area contributed by atoms with Crippen LogP contribution in [0.15, 0.2) is 79.1 Å². The number of aromatic nitrogens is 1. The number of benzene rings is 2. The van der Waals surface area contributed by atoms with Crippen LogP contribution in [-0.4, -0.2) is 33.6 Å². The van der Waals surface area contributed by atoms with E-state index in [1.165, 1.54) is 0 Å². The number of rotatable bonds is 4. The summed E-state index contributed by atoms with van der Waals surface area (Å²) >= 11 is 5.90. The van der Waals surface area contributed by atoms with Crippen molar-refractivity contribution in [3.63, 3.8) is 0 Å². The summed E-state index contributed by atoms with van der Waals surface area (Å²) in [5.74, 6) is -1.02. The maximum atomic E-state index is 13.4. The van der Waals surface area contributed by atoms with Gasteiger partial charge in [-0.1, -0.05) is 54.6 Å². The molecule has 0 radical (unpaired) electrons. The third-order valence-corrected chi connectivity index (χ3v) is 5.40. The number of carbonyl (C=O) groups excluding carboxylic acids is 2. The molecule has 2 amide bonds. The molecule has 29 heavy (non-hydrogen) atoms. The van der Waals surface area contributed by atoms with Crippen LogP contribution >= 0.6 is 11.6 Å². The van der Waals surface area contributed by atoms with Crippen molar-refractivity contribution in [3.05, 3.63) is 95.8 Å². The first-order valence-electron chi connectivity index (χ1n) is 9.38. The Hall–Kier alpha value is -3.18. The van der Waals surface area contributed by atoms with Gasteiger partial charge >= 0.3 is 0 Å². The van der Waals surface area contributed by atoms with E-state index in [-0.39, 0.29) is 23.6 Å². The predicted molar refractivity (Wildman–Crippen MR) is 113 cm³/mol. The number of hydrogen-bond acceptors (Lipinski definition) is 3. The van der Waals surface area contributed by atoms with E-state index in [0.29, 0.717) is 12.2 Å². The van der Waals surface area contributed by atoms with Crippen LogP contribution in [0, 0.1) is 0 Å². The molecular formula is C23H20ClN3O2. The second kappa shape index (κ2) is 8.45. The zero-order valence-electron chi connectivity index (χ0n) is 15.7. The first kappa shape index (κ1) is 19.2. The largest absolute Gasteiger partial charge is 0.324 e. The smallest absolute Gasteiger partial charge is 0.248 e. The van der Waals surface area contributed by atoms with Gasteiger partial charge in [0, 0.05) is 18.7 Å². The molecule has 1 aliphatic heterocycles. The van der Waals surface area contributed by atoms with E-state index in [9.17, 15) is 9.59 Å². The summed E-state index contributed by atoms with van der Waals surface area (Å²) in [6.45, 7) is 0.343. The predicted octanol–water partition coefficient (Wildman–Crippen LogP) is 3.80. The number of pyridine rings is 1. The average Bonchev–Trinajstić information content (AvgIpc) is 2.78. The Balaban J connectivity index is 1.82. The standard InChI is InChI=1S/C23H20ClN3O2/c24-13-20(28)27-15-17-9-4-5-11-19(17)21(16-7-2-1-3-8-16)22(27)23(29)26-18-10-6-12-25-14-18/h1-12,14,21-22H,13,15H2,(H,26,29). The molecule has 0 saturated heterocycles. The van der Waals surface area contributed by atoms with Gasteiger partial charge in [-0.15, -0.1) is 11.6 Å². The summed E-state index contributed by atoms with van der Waals surface area (Å²) in [7, 11) is 0. The number of carbonyl (C=O) groups is 2. The Morgan fingerprint density at radius 2 is 1.79 bits per heavy atom. The fourth-order valence-corrected chi connectivity index (χ4v) is 4.06. The first-order valence-corrected chi connectivity index (χ1v) is 9.91. The molecule has 1 N–H and O–H groups in total. The van der Waals surface area contributed by atoms with Gasteiger partial charge in [-0.3, -0.25) is 14.6 Å². The fourth-order valence-electron chi connectivity index (χ4n) is 3.90. The van der Waals surface area contributed by atoms with Crippen molar-refractivity contribution in [1.29, 1.82) is 0 Å². The number of nitrogens with zero attached hydrogens (tertiary/aromatic N) is 2. The lowest BCUT2D eigenvalue weighted by Crippen LogP contribution is -2.53. The average molecular weight is 406 g/mol. The van der Waals surface area contributed by atoms with E-state index >= 15 is 0 Å². The molecule has 2 aromatic carbocycles.